The number of hydrogen-bond acceptors (Lipinski definition) is 5. The molecule has 2 rings (SSSR count). The number of benzene rings is 1. The standard InChI is InChI=1S/C13H18N2O4S/c1-14-12-4-2-3-5-13(12)20(18,19)11-8-6-10(7-9-11)15(16)17/h6-9,12-14H,2-5H2,1H3. The lowest BCUT2D eigenvalue weighted by molar-refractivity contribution is -0.384. The summed E-state index contributed by atoms with van der Waals surface area (Å²) in [6.45, 7) is 0. The molecule has 0 amide bonds. The molecule has 1 aromatic rings. The summed E-state index contributed by atoms with van der Waals surface area (Å²) < 4.78 is 25.3. The highest BCUT2D eigenvalue weighted by Crippen LogP contribution is 2.29. The van der Waals surface area contributed by atoms with Gasteiger partial charge in [0.2, 0.25) is 0 Å². The zero-order valence-corrected chi connectivity index (χ0v) is 12.1. The normalized spacial score (nSPS) is 23.4. The Bertz CT molecular complexity index is 583. The van der Waals surface area contributed by atoms with Crippen LogP contribution in [0.15, 0.2) is 29.2 Å². The predicted octanol–water partition coefficient (Wildman–Crippen LogP) is 1.90. The van der Waals surface area contributed by atoms with Crippen molar-refractivity contribution in [3.05, 3.63) is 34.4 Å². The van der Waals surface area contributed by atoms with E-state index in [1.807, 2.05) is 0 Å². The Hall–Kier alpha value is -1.47. The minimum Gasteiger partial charge on any atom is -0.316 e. The third-order valence-corrected chi connectivity index (χ3v) is 6.14. The van der Waals surface area contributed by atoms with E-state index in [2.05, 4.69) is 5.32 Å². The average molecular weight is 298 g/mol. The first-order chi connectivity index (χ1) is 9.46. The van der Waals surface area contributed by atoms with Crippen LogP contribution >= 0.6 is 0 Å². The molecule has 20 heavy (non-hydrogen) atoms. The van der Waals surface area contributed by atoms with Crippen molar-refractivity contribution in [2.45, 2.75) is 41.9 Å². The molecule has 1 aliphatic rings. The summed E-state index contributed by atoms with van der Waals surface area (Å²) in [5, 5.41) is 13.2. The molecule has 1 aliphatic carbocycles. The van der Waals surface area contributed by atoms with Crippen molar-refractivity contribution >= 4 is 15.5 Å². The van der Waals surface area contributed by atoms with Gasteiger partial charge in [0.15, 0.2) is 9.84 Å². The third-order valence-electron chi connectivity index (χ3n) is 3.85. The van der Waals surface area contributed by atoms with Crippen LogP contribution in [0.3, 0.4) is 0 Å². The Morgan fingerprint density at radius 1 is 1.20 bits per heavy atom. The second-order valence-electron chi connectivity index (χ2n) is 5.01. The summed E-state index contributed by atoms with van der Waals surface area (Å²) in [5.41, 5.74) is -0.0993. The fourth-order valence-electron chi connectivity index (χ4n) is 2.73. The molecule has 6 nitrogen and oxygen atoms in total. The topological polar surface area (TPSA) is 89.3 Å². The summed E-state index contributed by atoms with van der Waals surface area (Å²) in [7, 11) is -1.68. The highest BCUT2D eigenvalue weighted by atomic mass is 32.2. The Labute approximate surface area is 118 Å². The average Bonchev–Trinajstić information content (AvgIpc) is 2.47. The summed E-state index contributed by atoms with van der Waals surface area (Å²) in [6, 6.07) is 5.08. The fraction of sp³-hybridized carbons (Fsp3) is 0.538. The largest absolute Gasteiger partial charge is 0.316 e. The number of nitrogens with zero attached hydrogens (tertiary/aromatic N) is 1. The van der Waals surface area contributed by atoms with Gasteiger partial charge >= 0.3 is 0 Å². The van der Waals surface area contributed by atoms with Crippen molar-refractivity contribution < 1.29 is 13.3 Å². The number of hydrogen-bond donors (Lipinski definition) is 1. The number of non-ortho nitro benzene ring substituents is 1. The molecule has 0 aliphatic heterocycles. The van der Waals surface area contributed by atoms with Crippen LogP contribution < -0.4 is 5.32 Å². The minimum absolute atomic E-state index is 0.0519. The first kappa shape index (κ1) is 14.9. The zero-order chi connectivity index (χ0) is 14.8. The molecule has 0 heterocycles. The van der Waals surface area contributed by atoms with Gasteiger partial charge in [-0.2, -0.15) is 0 Å². The summed E-state index contributed by atoms with van der Waals surface area (Å²) in [5.74, 6) is 0. The predicted molar refractivity (Wildman–Crippen MR) is 75.4 cm³/mol. The highest BCUT2D eigenvalue weighted by Gasteiger charge is 2.35. The van der Waals surface area contributed by atoms with Crippen molar-refractivity contribution in [2.75, 3.05) is 7.05 Å². The van der Waals surface area contributed by atoms with Gasteiger partial charge in [-0.15, -0.1) is 0 Å². The van der Waals surface area contributed by atoms with E-state index in [9.17, 15) is 18.5 Å². The summed E-state index contributed by atoms with van der Waals surface area (Å²) in [4.78, 5) is 10.2. The molecule has 0 aromatic heterocycles. The minimum atomic E-state index is -3.45. The quantitative estimate of drug-likeness (QED) is 0.677. The van der Waals surface area contributed by atoms with Crippen LogP contribution in [0, 0.1) is 10.1 Å². The molecular formula is C13H18N2O4S. The van der Waals surface area contributed by atoms with Crippen molar-refractivity contribution in [3.63, 3.8) is 0 Å². The first-order valence-electron chi connectivity index (χ1n) is 6.62. The van der Waals surface area contributed by atoms with E-state index in [-0.39, 0.29) is 16.6 Å². The van der Waals surface area contributed by atoms with E-state index >= 15 is 0 Å². The molecule has 1 fully saturated rings. The lowest BCUT2D eigenvalue weighted by atomic mass is 9.95. The smallest absolute Gasteiger partial charge is 0.269 e. The molecule has 2 atom stereocenters. The molecule has 1 N–H and O–H groups in total. The molecule has 0 saturated heterocycles. The maximum Gasteiger partial charge on any atom is 0.269 e. The molecule has 110 valence electrons. The van der Waals surface area contributed by atoms with Crippen LogP contribution in [0.1, 0.15) is 25.7 Å². The van der Waals surface area contributed by atoms with Crippen LogP contribution in [-0.4, -0.2) is 31.7 Å². The Kier molecular flexibility index (Phi) is 4.39. The Balaban J connectivity index is 2.31. The molecule has 1 aromatic carbocycles. The molecular weight excluding hydrogens is 280 g/mol. The molecule has 2 unspecified atom stereocenters. The van der Waals surface area contributed by atoms with Crippen molar-refractivity contribution in [3.8, 4) is 0 Å². The summed E-state index contributed by atoms with van der Waals surface area (Å²) in [6.07, 6.45) is 3.39. The van der Waals surface area contributed by atoms with Gasteiger partial charge in [0.25, 0.3) is 5.69 Å². The number of sulfone groups is 1. The van der Waals surface area contributed by atoms with E-state index in [0.717, 1.165) is 19.3 Å². The number of rotatable bonds is 4. The fourth-order valence-corrected chi connectivity index (χ4v) is 4.78. The molecule has 7 heteroatoms. The second kappa shape index (κ2) is 5.88. The van der Waals surface area contributed by atoms with E-state index in [0.29, 0.717) is 6.42 Å². The highest BCUT2D eigenvalue weighted by molar-refractivity contribution is 7.92. The van der Waals surface area contributed by atoms with Gasteiger partial charge in [0.05, 0.1) is 15.1 Å². The van der Waals surface area contributed by atoms with E-state index in [1.165, 1.54) is 24.3 Å². The summed E-state index contributed by atoms with van der Waals surface area (Å²) >= 11 is 0. The molecule has 1 saturated carbocycles. The SMILES string of the molecule is CNC1CCCCC1S(=O)(=O)c1ccc([N+](=O)[O-])cc1. The lowest BCUT2D eigenvalue weighted by Crippen LogP contribution is -2.44. The van der Waals surface area contributed by atoms with Gasteiger partial charge in [0.1, 0.15) is 0 Å². The number of nitro groups is 1. The van der Waals surface area contributed by atoms with Crippen LogP contribution in [0.2, 0.25) is 0 Å². The molecule has 0 spiro atoms. The van der Waals surface area contributed by atoms with E-state index in [4.69, 9.17) is 0 Å². The van der Waals surface area contributed by atoms with Gasteiger partial charge < -0.3 is 5.32 Å². The van der Waals surface area contributed by atoms with Crippen LogP contribution in [0.5, 0.6) is 0 Å². The number of nitro benzene ring substituents is 1. The van der Waals surface area contributed by atoms with Gasteiger partial charge in [-0.05, 0) is 32.0 Å². The second-order valence-corrected chi connectivity index (χ2v) is 7.18. The van der Waals surface area contributed by atoms with Crippen LogP contribution in [0.4, 0.5) is 5.69 Å². The number of nitrogens with one attached hydrogen (secondary N) is 1. The van der Waals surface area contributed by atoms with E-state index in [1.54, 1.807) is 7.05 Å². The van der Waals surface area contributed by atoms with Gasteiger partial charge in [-0.3, -0.25) is 10.1 Å². The Morgan fingerprint density at radius 2 is 1.80 bits per heavy atom. The van der Waals surface area contributed by atoms with Crippen LogP contribution in [-0.2, 0) is 9.84 Å². The van der Waals surface area contributed by atoms with Crippen molar-refractivity contribution in [1.29, 1.82) is 0 Å². The van der Waals surface area contributed by atoms with Gasteiger partial charge in [-0.25, -0.2) is 8.42 Å². The Morgan fingerprint density at radius 3 is 2.35 bits per heavy atom. The van der Waals surface area contributed by atoms with Crippen molar-refractivity contribution in [2.24, 2.45) is 0 Å². The van der Waals surface area contributed by atoms with Gasteiger partial charge in [0, 0.05) is 18.2 Å². The molecule has 0 bridgehead atoms. The van der Waals surface area contributed by atoms with Crippen molar-refractivity contribution in [1.82, 2.24) is 5.32 Å². The maximum absolute atomic E-state index is 12.6. The van der Waals surface area contributed by atoms with Crippen LogP contribution in [0.25, 0.3) is 0 Å². The maximum atomic E-state index is 12.6. The molecule has 0 radical (unpaired) electrons. The monoisotopic (exact) mass is 298 g/mol. The van der Waals surface area contributed by atoms with Gasteiger partial charge in [-0.1, -0.05) is 12.8 Å². The lowest BCUT2D eigenvalue weighted by Gasteiger charge is -2.30. The zero-order valence-electron chi connectivity index (χ0n) is 11.3. The first-order valence-corrected chi connectivity index (χ1v) is 8.17. The van der Waals surface area contributed by atoms with E-state index < -0.39 is 20.0 Å². The third kappa shape index (κ3) is 2.83.